The molecule has 2 aromatic rings. The van der Waals surface area contributed by atoms with Crippen molar-refractivity contribution in [3.05, 3.63) is 42.5 Å². The maximum atomic E-state index is 2.31. The van der Waals surface area contributed by atoms with Crippen molar-refractivity contribution in [2.45, 2.75) is 43.9 Å². The lowest BCUT2D eigenvalue weighted by Gasteiger charge is -2.04. The molecule has 0 spiro atoms. The zero-order chi connectivity index (χ0) is 12.6. The van der Waals surface area contributed by atoms with Crippen LogP contribution in [0, 0.1) is 0 Å². The van der Waals surface area contributed by atoms with Gasteiger partial charge in [0.2, 0.25) is 0 Å². The Labute approximate surface area is 115 Å². The number of fused-ring (bicyclic) bond motifs is 1. The van der Waals surface area contributed by atoms with Crippen molar-refractivity contribution in [2.24, 2.45) is 0 Å². The molecule has 0 saturated carbocycles. The fraction of sp³-hybridized carbons (Fsp3) is 0.412. The molecule has 0 aliphatic rings. The molecule has 0 N–H and O–H groups in total. The van der Waals surface area contributed by atoms with E-state index < -0.39 is 0 Å². The molecule has 0 saturated heterocycles. The van der Waals surface area contributed by atoms with Gasteiger partial charge < -0.3 is 0 Å². The van der Waals surface area contributed by atoms with Gasteiger partial charge in [-0.25, -0.2) is 0 Å². The van der Waals surface area contributed by atoms with Crippen LogP contribution in [-0.4, -0.2) is 5.75 Å². The normalized spacial score (nSPS) is 10.9. The highest BCUT2D eigenvalue weighted by Crippen LogP contribution is 2.24. The minimum Gasteiger partial charge on any atom is -0.126 e. The van der Waals surface area contributed by atoms with Crippen LogP contribution in [0.1, 0.15) is 39.0 Å². The minimum absolute atomic E-state index is 1.25. The van der Waals surface area contributed by atoms with Crippen LogP contribution < -0.4 is 0 Å². The van der Waals surface area contributed by atoms with Gasteiger partial charge in [0.25, 0.3) is 0 Å². The highest BCUT2D eigenvalue weighted by atomic mass is 32.2. The lowest BCUT2D eigenvalue weighted by Crippen LogP contribution is -1.82. The van der Waals surface area contributed by atoms with E-state index in [-0.39, 0.29) is 0 Å². The Morgan fingerprint density at radius 1 is 0.833 bits per heavy atom. The first kappa shape index (κ1) is 13.5. The van der Waals surface area contributed by atoms with Crippen molar-refractivity contribution in [3.63, 3.8) is 0 Å². The molecule has 0 heterocycles. The fourth-order valence-electron chi connectivity index (χ4n) is 2.15. The molecule has 0 unspecified atom stereocenters. The van der Waals surface area contributed by atoms with Crippen molar-refractivity contribution >= 4 is 22.5 Å². The predicted octanol–water partition coefficient (Wildman–Crippen LogP) is 5.90. The van der Waals surface area contributed by atoms with Gasteiger partial charge in [0, 0.05) is 4.90 Å². The second kappa shape index (κ2) is 7.48. The molecule has 0 aromatic heterocycles. The monoisotopic (exact) mass is 258 g/mol. The number of benzene rings is 2. The van der Waals surface area contributed by atoms with E-state index in [2.05, 4.69) is 49.4 Å². The van der Waals surface area contributed by atoms with Crippen LogP contribution in [0.25, 0.3) is 10.8 Å². The molecule has 1 heteroatoms. The van der Waals surface area contributed by atoms with Crippen LogP contribution in [0.15, 0.2) is 47.4 Å². The van der Waals surface area contributed by atoms with Gasteiger partial charge in [-0.2, -0.15) is 0 Å². The Kier molecular flexibility index (Phi) is 5.60. The second-order valence-electron chi connectivity index (χ2n) is 4.77. The van der Waals surface area contributed by atoms with E-state index in [4.69, 9.17) is 0 Å². The number of rotatable bonds is 7. The molecule has 0 radical (unpaired) electrons. The summed E-state index contributed by atoms with van der Waals surface area (Å²) in [6.07, 6.45) is 6.85. The first-order chi connectivity index (χ1) is 8.90. The summed E-state index contributed by atoms with van der Waals surface area (Å²) in [7, 11) is 0. The standard InChI is InChI=1S/C17H22S/c1-2-3-4-5-8-13-18-17-12-11-15-9-6-7-10-16(15)14-17/h6-7,9-12,14H,2-5,8,13H2,1H3. The van der Waals surface area contributed by atoms with Crippen LogP contribution in [0.4, 0.5) is 0 Å². The summed E-state index contributed by atoms with van der Waals surface area (Å²) in [6.45, 7) is 2.27. The predicted molar refractivity (Wildman–Crippen MR) is 83.4 cm³/mol. The van der Waals surface area contributed by atoms with Gasteiger partial charge in [-0.1, -0.05) is 62.9 Å². The van der Waals surface area contributed by atoms with Crippen LogP contribution in [0.5, 0.6) is 0 Å². The first-order valence-electron chi connectivity index (χ1n) is 7.02. The maximum absolute atomic E-state index is 2.31. The maximum Gasteiger partial charge on any atom is 0.00783 e. The largest absolute Gasteiger partial charge is 0.126 e. The van der Waals surface area contributed by atoms with Crippen molar-refractivity contribution in [1.29, 1.82) is 0 Å². The van der Waals surface area contributed by atoms with Crippen molar-refractivity contribution in [1.82, 2.24) is 0 Å². The van der Waals surface area contributed by atoms with E-state index >= 15 is 0 Å². The summed E-state index contributed by atoms with van der Waals surface area (Å²) in [5, 5.41) is 2.69. The topological polar surface area (TPSA) is 0 Å². The van der Waals surface area contributed by atoms with Gasteiger partial charge in [-0.15, -0.1) is 11.8 Å². The Morgan fingerprint density at radius 3 is 2.44 bits per heavy atom. The molecule has 0 aliphatic heterocycles. The molecule has 0 fully saturated rings. The quantitative estimate of drug-likeness (QED) is 0.440. The Hall–Kier alpha value is -0.950. The smallest absolute Gasteiger partial charge is 0.00783 e. The third-order valence-electron chi connectivity index (χ3n) is 3.24. The third kappa shape index (κ3) is 4.06. The molecule has 0 bridgehead atoms. The van der Waals surface area contributed by atoms with Gasteiger partial charge in [0.15, 0.2) is 0 Å². The van der Waals surface area contributed by atoms with E-state index in [1.165, 1.54) is 53.5 Å². The Balaban J connectivity index is 1.81. The molecule has 0 amide bonds. The molecular formula is C17H22S. The summed E-state index contributed by atoms with van der Waals surface area (Å²) in [5.41, 5.74) is 0. The zero-order valence-electron chi connectivity index (χ0n) is 11.2. The lowest BCUT2D eigenvalue weighted by molar-refractivity contribution is 0.659. The van der Waals surface area contributed by atoms with E-state index in [1.54, 1.807) is 0 Å². The summed E-state index contributed by atoms with van der Waals surface area (Å²) in [6, 6.07) is 15.4. The van der Waals surface area contributed by atoms with E-state index in [0.717, 1.165) is 0 Å². The highest BCUT2D eigenvalue weighted by Gasteiger charge is 1.97. The lowest BCUT2D eigenvalue weighted by atomic mass is 10.1. The van der Waals surface area contributed by atoms with Gasteiger partial charge in [-0.05, 0) is 35.1 Å². The van der Waals surface area contributed by atoms with E-state index in [0.29, 0.717) is 0 Å². The number of hydrogen-bond acceptors (Lipinski definition) is 1. The number of hydrogen-bond donors (Lipinski definition) is 0. The van der Waals surface area contributed by atoms with Crippen molar-refractivity contribution < 1.29 is 0 Å². The van der Waals surface area contributed by atoms with Gasteiger partial charge in [0.05, 0.1) is 0 Å². The van der Waals surface area contributed by atoms with Crippen LogP contribution in [0.3, 0.4) is 0 Å². The fourth-order valence-corrected chi connectivity index (χ4v) is 3.11. The molecule has 0 nitrogen and oxygen atoms in total. The number of thioether (sulfide) groups is 1. The van der Waals surface area contributed by atoms with Gasteiger partial charge in [0.1, 0.15) is 0 Å². The third-order valence-corrected chi connectivity index (χ3v) is 4.32. The average Bonchev–Trinajstić information content (AvgIpc) is 2.42. The van der Waals surface area contributed by atoms with E-state index in [9.17, 15) is 0 Å². The van der Waals surface area contributed by atoms with Gasteiger partial charge >= 0.3 is 0 Å². The number of unbranched alkanes of at least 4 members (excludes halogenated alkanes) is 4. The Morgan fingerprint density at radius 2 is 1.61 bits per heavy atom. The SMILES string of the molecule is CCCCCCCSc1ccc2ccccc2c1. The molecule has 2 aromatic carbocycles. The molecule has 0 aliphatic carbocycles. The molecule has 96 valence electrons. The Bertz CT molecular complexity index is 476. The molecule has 18 heavy (non-hydrogen) atoms. The summed E-state index contributed by atoms with van der Waals surface area (Å²) < 4.78 is 0. The van der Waals surface area contributed by atoms with Crippen molar-refractivity contribution in [3.8, 4) is 0 Å². The second-order valence-corrected chi connectivity index (χ2v) is 5.94. The summed E-state index contributed by atoms with van der Waals surface area (Å²) >= 11 is 1.99. The van der Waals surface area contributed by atoms with Crippen molar-refractivity contribution in [2.75, 3.05) is 5.75 Å². The van der Waals surface area contributed by atoms with Gasteiger partial charge in [-0.3, -0.25) is 0 Å². The highest BCUT2D eigenvalue weighted by molar-refractivity contribution is 7.99. The summed E-state index contributed by atoms with van der Waals surface area (Å²) in [4.78, 5) is 1.41. The van der Waals surface area contributed by atoms with Crippen LogP contribution in [-0.2, 0) is 0 Å². The average molecular weight is 258 g/mol. The first-order valence-corrected chi connectivity index (χ1v) is 8.00. The molecule has 2 rings (SSSR count). The summed E-state index contributed by atoms with van der Waals surface area (Å²) in [5.74, 6) is 1.25. The molecular weight excluding hydrogens is 236 g/mol. The van der Waals surface area contributed by atoms with Crippen LogP contribution >= 0.6 is 11.8 Å². The minimum atomic E-state index is 1.25. The zero-order valence-corrected chi connectivity index (χ0v) is 12.0. The molecule has 0 atom stereocenters. The van der Waals surface area contributed by atoms with Crippen LogP contribution in [0.2, 0.25) is 0 Å². The van der Waals surface area contributed by atoms with E-state index in [1.807, 2.05) is 11.8 Å².